The van der Waals surface area contributed by atoms with Crippen molar-refractivity contribution in [2.45, 2.75) is 20.3 Å². The highest BCUT2D eigenvalue weighted by molar-refractivity contribution is 6.01. The lowest BCUT2D eigenvalue weighted by Crippen LogP contribution is -2.19. The number of benzene rings is 2. The first-order chi connectivity index (χ1) is 11.5. The summed E-state index contributed by atoms with van der Waals surface area (Å²) >= 11 is 0. The molecule has 2 aromatic carbocycles. The summed E-state index contributed by atoms with van der Waals surface area (Å²) in [6, 6.07) is 13.9. The number of hydrogen-bond acceptors (Lipinski definition) is 4. The van der Waals surface area contributed by atoms with Gasteiger partial charge in [0.05, 0.1) is 5.71 Å². The molecule has 4 N–H and O–H groups in total. The molecule has 2 aromatic rings. The maximum absolute atomic E-state index is 12.1. The summed E-state index contributed by atoms with van der Waals surface area (Å²) in [7, 11) is 0. The lowest BCUT2D eigenvalue weighted by Gasteiger charge is -2.06. The quantitative estimate of drug-likeness (QED) is 0.448. The number of hydrazone groups is 1. The van der Waals surface area contributed by atoms with E-state index in [1.165, 1.54) is 0 Å². The molecular weight excluding hydrogens is 304 g/mol. The maximum atomic E-state index is 12.1. The third-order valence-corrected chi connectivity index (χ3v) is 3.38. The van der Waals surface area contributed by atoms with Crippen molar-refractivity contribution in [1.82, 2.24) is 5.43 Å². The SMILES string of the molecule is CCC(=O)Nc1ccc(C(=O)NN=C(C)c2cccc(N)c2)cc1. The minimum atomic E-state index is -0.327. The van der Waals surface area contributed by atoms with Crippen LogP contribution in [-0.4, -0.2) is 17.5 Å². The molecule has 24 heavy (non-hydrogen) atoms. The van der Waals surface area contributed by atoms with E-state index in [-0.39, 0.29) is 11.8 Å². The average molecular weight is 324 g/mol. The van der Waals surface area contributed by atoms with Crippen LogP contribution in [0.5, 0.6) is 0 Å². The van der Waals surface area contributed by atoms with Crippen molar-refractivity contribution in [2.75, 3.05) is 11.1 Å². The van der Waals surface area contributed by atoms with Gasteiger partial charge < -0.3 is 11.1 Å². The van der Waals surface area contributed by atoms with Gasteiger partial charge in [-0.25, -0.2) is 5.43 Å². The number of nitrogens with two attached hydrogens (primary N) is 1. The van der Waals surface area contributed by atoms with Crippen LogP contribution in [0.4, 0.5) is 11.4 Å². The highest BCUT2D eigenvalue weighted by atomic mass is 16.2. The van der Waals surface area contributed by atoms with E-state index in [2.05, 4.69) is 15.8 Å². The summed E-state index contributed by atoms with van der Waals surface area (Å²) < 4.78 is 0. The second-order valence-electron chi connectivity index (χ2n) is 5.24. The molecule has 0 fully saturated rings. The molecule has 0 saturated carbocycles. The first kappa shape index (κ1) is 17.2. The Balaban J connectivity index is 2.01. The molecular formula is C18H20N4O2. The van der Waals surface area contributed by atoms with Crippen molar-refractivity contribution in [2.24, 2.45) is 5.10 Å². The van der Waals surface area contributed by atoms with Gasteiger partial charge in [0, 0.05) is 23.4 Å². The van der Waals surface area contributed by atoms with Crippen LogP contribution in [0.2, 0.25) is 0 Å². The molecule has 2 amide bonds. The largest absolute Gasteiger partial charge is 0.399 e. The molecule has 0 spiro atoms. The van der Waals surface area contributed by atoms with Gasteiger partial charge in [-0.05, 0) is 48.9 Å². The number of amides is 2. The standard InChI is InChI=1S/C18H20N4O2/c1-3-17(23)20-16-9-7-13(8-10-16)18(24)22-21-12(2)14-5-4-6-15(19)11-14/h4-11H,3,19H2,1-2H3,(H,20,23)(H,22,24). The lowest BCUT2D eigenvalue weighted by molar-refractivity contribution is -0.115. The fourth-order valence-corrected chi connectivity index (χ4v) is 1.98. The Morgan fingerprint density at radius 2 is 1.79 bits per heavy atom. The molecule has 6 heteroatoms. The van der Waals surface area contributed by atoms with Crippen molar-refractivity contribution in [3.8, 4) is 0 Å². The lowest BCUT2D eigenvalue weighted by atomic mass is 10.1. The van der Waals surface area contributed by atoms with Crippen LogP contribution in [0.3, 0.4) is 0 Å². The molecule has 0 radical (unpaired) electrons. The first-order valence-electron chi connectivity index (χ1n) is 7.60. The van der Waals surface area contributed by atoms with E-state index >= 15 is 0 Å². The first-order valence-corrected chi connectivity index (χ1v) is 7.60. The monoisotopic (exact) mass is 324 g/mol. The van der Waals surface area contributed by atoms with E-state index in [0.717, 1.165) is 5.56 Å². The van der Waals surface area contributed by atoms with Crippen LogP contribution in [0.1, 0.15) is 36.2 Å². The number of nitrogen functional groups attached to an aromatic ring is 1. The number of hydrogen-bond donors (Lipinski definition) is 3. The molecule has 6 nitrogen and oxygen atoms in total. The van der Waals surface area contributed by atoms with E-state index in [9.17, 15) is 9.59 Å². The van der Waals surface area contributed by atoms with Gasteiger partial charge in [-0.3, -0.25) is 9.59 Å². The predicted octanol–water partition coefficient (Wildman–Crippen LogP) is 2.77. The Bertz CT molecular complexity index is 767. The van der Waals surface area contributed by atoms with Crippen molar-refractivity contribution < 1.29 is 9.59 Å². The van der Waals surface area contributed by atoms with E-state index < -0.39 is 0 Å². The molecule has 0 aliphatic rings. The highest BCUT2D eigenvalue weighted by Gasteiger charge is 2.06. The van der Waals surface area contributed by atoms with Crippen LogP contribution >= 0.6 is 0 Å². The highest BCUT2D eigenvalue weighted by Crippen LogP contribution is 2.10. The third kappa shape index (κ3) is 4.67. The van der Waals surface area contributed by atoms with Crippen LogP contribution in [0.15, 0.2) is 53.6 Å². The molecule has 124 valence electrons. The van der Waals surface area contributed by atoms with Gasteiger partial charge in [0.25, 0.3) is 5.91 Å². The number of carbonyl (C=O) groups is 2. The van der Waals surface area contributed by atoms with Crippen LogP contribution in [-0.2, 0) is 4.79 Å². The minimum absolute atomic E-state index is 0.0745. The Morgan fingerprint density at radius 1 is 1.08 bits per heavy atom. The van der Waals surface area contributed by atoms with Gasteiger partial charge in [0.2, 0.25) is 5.91 Å². The zero-order chi connectivity index (χ0) is 17.5. The molecule has 0 atom stereocenters. The van der Waals surface area contributed by atoms with Crippen molar-refractivity contribution >= 4 is 28.9 Å². The summed E-state index contributed by atoms with van der Waals surface area (Å²) in [5.41, 5.74) is 11.5. The van der Waals surface area contributed by atoms with E-state index in [1.807, 2.05) is 12.1 Å². The van der Waals surface area contributed by atoms with Gasteiger partial charge in [-0.2, -0.15) is 5.10 Å². The molecule has 2 rings (SSSR count). The van der Waals surface area contributed by atoms with Gasteiger partial charge in [0.1, 0.15) is 0 Å². The second-order valence-corrected chi connectivity index (χ2v) is 5.24. The van der Waals surface area contributed by atoms with Crippen LogP contribution in [0.25, 0.3) is 0 Å². The van der Waals surface area contributed by atoms with Crippen molar-refractivity contribution in [1.29, 1.82) is 0 Å². The fourth-order valence-electron chi connectivity index (χ4n) is 1.98. The molecule has 0 heterocycles. The van der Waals surface area contributed by atoms with E-state index in [4.69, 9.17) is 5.73 Å². The molecule has 0 bridgehead atoms. The minimum Gasteiger partial charge on any atom is -0.399 e. The predicted molar refractivity (Wildman–Crippen MR) is 95.9 cm³/mol. The molecule has 0 aliphatic heterocycles. The molecule has 0 aromatic heterocycles. The molecule has 0 aliphatic carbocycles. The van der Waals surface area contributed by atoms with Crippen LogP contribution < -0.4 is 16.5 Å². The van der Waals surface area contributed by atoms with Crippen molar-refractivity contribution in [3.63, 3.8) is 0 Å². The Morgan fingerprint density at radius 3 is 2.42 bits per heavy atom. The number of anilines is 2. The summed E-state index contributed by atoms with van der Waals surface area (Å²) in [5.74, 6) is -0.402. The zero-order valence-electron chi connectivity index (χ0n) is 13.7. The zero-order valence-corrected chi connectivity index (χ0v) is 13.7. The summed E-state index contributed by atoms with van der Waals surface area (Å²) in [6.07, 6.45) is 0.403. The van der Waals surface area contributed by atoms with E-state index in [0.29, 0.717) is 29.1 Å². The van der Waals surface area contributed by atoms with Crippen molar-refractivity contribution in [3.05, 3.63) is 59.7 Å². The van der Waals surface area contributed by atoms with Gasteiger partial charge in [0.15, 0.2) is 0 Å². The second kappa shape index (κ2) is 7.92. The normalized spacial score (nSPS) is 11.0. The Labute approximate surface area is 140 Å². The summed E-state index contributed by atoms with van der Waals surface area (Å²) in [6.45, 7) is 3.57. The number of rotatable bonds is 5. The number of carbonyl (C=O) groups excluding carboxylic acids is 2. The summed E-state index contributed by atoms with van der Waals surface area (Å²) in [5, 5.41) is 6.81. The topological polar surface area (TPSA) is 96.6 Å². The molecule has 0 saturated heterocycles. The van der Waals surface area contributed by atoms with Crippen LogP contribution in [0, 0.1) is 0 Å². The fraction of sp³-hybridized carbons (Fsp3) is 0.167. The van der Waals surface area contributed by atoms with Gasteiger partial charge in [-0.1, -0.05) is 19.1 Å². The number of nitrogens with zero attached hydrogens (tertiary/aromatic N) is 1. The smallest absolute Gasteiger partial charge is 0.271 e. The molecule has 0 unspecified atom stereocenters. The van der Waals surface area contributed by atoms with Gasteiger partial charge in [-0.15, -0.1) is 0 Å². The Hall–Kier alpha value is -3.15. The average Bonchev–Trinajstić information content (AvgIpc) is 2.59. The van der Waals surface area contributed by atoms with Gasteiger partial charge >= 0.3 is 0 Å². The maximum Gasteiger partial charge on any atom is 0.271 e. The summed E-state index contributed by atoms with van der Waals surface area (Å²) in [4.78, 5) is 23.4. The third-order valence-electron chi connectivity index (χ3n) is 3.38. The Kier molecular flexibility index (Phi) is 5.68. The number of nitrogens with one attached hydrogen (secondary N) is 2. The van der Waals surface area contributed by atoms with E-state index in [1.54, 1.807) is 50.2 Å².